The Bertz CT molecular complexity index is 205. The first-order valence-electron chi connectivity index (χ1n) is 6.83. The lowest BCUT2D eigenvalue weighted by Crippen LogP contribution is -2.36. The fourth-order valence-corrected chi connectivity index (χ4v) is 3.87. The summed E-state index contributed by atoms with van der Waals surface area (Å²) in [6.07, 6.45) is 8.16. The van der Waals surface area contributed by atoms with Crippen LogP contribution in [0.1, 0.15) is 59.3 Å². The monoisotopic (exact) mass is 210 g/mol. The number of rotatable bonds is 3. The Hall–Kier alpha value is -0.0400. The molecular formula is C14H26O. The van der Waals surface area contributed by atoms with Crippen molar-refractivity contribution in [2.24, 2.45) is 17.8 Å². The Balaban J connectivity index is 2.06. The molecule has 1 nitrogen and oxygen atoms in total. The number of hydrogen-bond acceptors (Lipinski definition) is 1. The summed E-state index contributed by atoms with van der Waals surface area (Å²) >= 11 is 0. The van der Waals surface area contributed by atoms with Gasteiger partial charge >= 0.3 is 0 Å². The van der Waals surface area contributed by atoms with Gasteiger partial charge in [-0.3, -0.25) is 0 Å². The Labute approximate surface area is 94.6 Å². The second-order valence-electron chi connectivity index (χ2n) is 5.79. The Kier molecular flexibility index (Phi) is 3.39. The molecule has 2 fully saturated rings. The zero-order valence-electron chi connectivity index (χ0n) is 10.6. The SMILES string of the molecule is CCC1CC(CC)C(C2(C)CCCO2)C1. The van der Waals surface area contributed by atoms with Crippen LogP contribution in [0.3, 0.4) is 0 Å². The molecule has 0 aromatic carbocycles. The van der Waals surface area contributed by atoms with E-state index in [0.29, 0.717) is 0 Å². The largest absolute Gasteiger partial charge is 0.375 e. The molecule has 4 unspecified atom stereocenters. The maximum Gasteiger partial charge on any atom is 0.0686 e. The molecule has 1 heterocycles. The molecule has 0 bridgehead atoms. The van der Waals surface area contributed by atoms with Crippen LogP contribution in [0.25, 0.3) is 0 Å². The molecule has 0 aromatic heterocycles. The molecule has 0 N–H and O–H groups in total. The van der Waals surface area contributed by atoms with Crippen molar-refractivity contribution in [1.82, 2.24) is 0 Å². The van der Waals surface area contributed by atoms with Gasteiger partial charge in [-0.25, -0.2) is 0 Å². The first kappa shape index (κ1) is 11.4. The average molecular weight is 210 g/mol. The highest BCUT2D eigenvalue weighted by molar-refractivity contribution is 4.96. The van der Waals surface area contributed by atoms with Crippen molar-refractivity contribution < 1.29 is 4.74 Å². The summed E-state index contributed by atoms with van der Waals surface area (Å²) in [5, 5.41) is 0. The van der Waals surface area contributed by atoms with Gasteiger partial charge in [-0.1, -0.05) is 26.7 Å². The van der Waals surface area contributed by atoms with Crippen molar-refractivity contribution in [2.75, 3.05) is 6.61 Å². The lowest BCUT2D eigenvalue weighted by molar-refractivity contribution is -0.0429. The second kappa shape index (κ2) is 4.45. The maximum atomic E-state index is 6.05. The molecule has 88 valence electrons. The summed E-state index contributed by atoms with van der Waals surface area (Å²) in [6.45, 7) is 8.07. The predicted octanol–water partition coefficient (Wildman–Crippen LogP) is 4.02. The van der Waals surface area contributed by atoms with Crippen molar-refractivity contribution in [1.29, 1.82) is 0 Å². The Morgan fingerprint density at radius 1 is 1.20 bits per heavy atom. The summed E-state index contributed by atoms with van der Waals surface area (Å²) in [4.78, 5) is 0. The lowest BCUT2D eigenvalue weighted by Gasteiger charge is -2.34. The van der Waals surface area contributed by atoms with Crippen LogP contribution in [0, 0.1) is 17.8 Å². The third-order valence-corrected chi connectivity index (χ3v) is 4.93. The van der Waals surface area contributed by atoms with Crippen LogP contribution >= 0.6 is 0 Å². The van der Waals surface area contributed by atoms with Gasteiger partial charge in [0.2, 0.25) is 0 Å². The molecule has 0 aromatic rings. The first-order chi connectivity index (χ1) is 7.19. The van der Waals surface area contributed by atoms with E-state index in [2.05, 4.69) is 20.8 Å². The molecule has 2 rings (SSSR count). The zero-order chi connectivity index (χ0) is 10.9. The van der Waals surface area contributed by atoms with Crippen LogP contribution in [-0.4, -0.2) is 12.2 Å². The van der Waals surface area contributed by atoms with Gasteiger partial charge in [0, 0.05) is 6.61 Å². The third kappa shape index (κ3) is 2.08. The van der Waals surface area contributed by atoms with E-state index < -0.39 is 0 Å². The van der Waals surface area contributed by atoms with Crippen molar-refractivity contribution in [3.63, 3.8) is 0 Å². The molecule has 1 saturated carbocycles. The van der Waals surface area contributed by atoms with E-state index in [1.165, 1.54) is 38.5 Å². The quantitative estimate of drug-likeness (QED) is 0.683. The van der Waals surface area contributed by atoms with Gasteiger partial charge in [0.05, 0.1) is 5.60 Å². The second-order valence-corrected chi connectivity index (χ2v) is 5.79. The molecule has 1 heteroatoms. The van der Waals surface area contributed by atoms with Gasteiger partial charge in [-0.2, -0.15) is 0 Å². The van der Waals surface area contributed by atoms with Crippen molar-refractivity contribution in [3.8, 4) is 0 Å². The van der Waals surface area contributed by atoms with Crippen LogP contribution in [0.15, 0.2) is 0 Å². The summed E-state index contributed by atoms with van der Waals surface area (Å²) in [5.41, 5.74) is 0.227. The molecule has 2 aliphatic rings. The van der Waals surface area contributed by atoms with Gasteiger partial charge < -0.3 is 4.74 Å². The first-order valence-corrected chi connectivity index (χ1v) is 6.83. The summed E-state index contributed by atoms with van der Waals surface area (Å²) in [7, 11) is 0. The fourth-order valence-electron chi connectivity index (χ4n) is 3.87. The van der Waals surface area contributed by atoms with Gasteiger partial charge in [0.15, 0.2) is 0 Å². The molecule has 1 aliphatic carbocycles. The van der Waals surface area contributed by atoms with Gasteiger partial charge in [-0.15, -0.1) is 0 Å². The number of ether oxygens (including phenoxy) is 1. The van der Waals surface area contributed by atoms with Crippen LogP contribution in [0.5, 0.6) is 0 Å². The van der Waals surface area contributed by atoms with Crippen molar-refractivity contribution >= 4 is 0 Å². The molecule has 1 aliphatic heterocycles. The molecule has 0 spiro atoms. The van der Waals surface area contributed by atoms with Gasteiger partial charge in [0.25, 0.3) is 0 Å². The maximum absolute atomic E-state index is 6.05. The highest BCUT2D eigenvalue weighted by Crippen LogP contribution is 2.49. The minimum absolute atomic E-state index is 0.227. The van der Waals surface area contributed by atoms with Crippen LogP contribution in [0.2, 0.25) is 0 Å². The minimum Gasteiger partial charge on any atom is -0.375 e. The van der Waals surface area contributed by atoms with Crippen LogP contribution in [-0.2, 0) is 4.74 Å². The predicted molar refractivity (Wildman–Crippen MR) is 63.9 cm³/mol. The standard InChI is InChI=1S/C14H26O/c1-4-11-9-12(5-2)13(10-11)14(3)7-6-8-15-14/h11-13H,4-10H2,1-3H3. The molecule has 0 amide bonds. The van der Waals surface area contributed by atoms with Gasteiger partial charge in [0.1, 0.15) is 0 Å². The molecule has 15 heavy (non-hydrogen) atoms. The van der Waals surface area contributed by atoms with E-state index in [9.17, 15) is 0 Å². The number of hydrogen-bond donors (Lipinski definition) is 0. The van der Waals surface area contributed by atoms with Crippen LogP contribution in [0.4, 0.5) is 0 Å². The van der Waals surface area contributed by atoms with E-state index in [1.54, 1.807) is 0 Å². The van der Waals surface area contributed by atoms with Gasteiger partial charge in [-0.05, 0) is 50.4 Å². The highest BCUT2D eigenvalue weighted by atomic mass is 16.5. The Morgan fingerprint density at radius 2 is 2.00 bits per heavy atom. The summed E-state index contributed by atoms with van der Waals surface area (Å²) in [5.74, 6) is 2.74. The van der Waals surface area contributed by atoms with Crippen molar-refractivity contribution in [2.45, 2.75) is 64.9 Å². The Morgan fingerprint density at radius 3 is 2.53 bits per heavy atom. The molecule has 1 saturated heterocycles. The van der Waals surface area contributed by atoms with E-state index in [-0.39, 0.29) is 5.60 Å². The van der Waals surface area contributed by atoms with E-state index in [4.69, 9.17) is 4.74 Å². The normalized spacial score (nSPS) is 46.2. The third-order valence-electron chi connectivity index (χ3n) is 4.93. The fraction of sp³-hybridized carbons (Fsp3) is 1.00. The molecule has 0 radical (unpaired) electrons. The van der Waals surface area contributed by atoms with Crippen LogP contribution < -0.4 is 0 Å². The smallest absolute Gasteiger partial charge is 0.0686 e. The zero-order valence-corrected chi connectivity index (χ0v) is 10.6. The van der Waals surface area contributed by atoms with Crippen molar-refractivity contribution in [3.05, 3.63) is 0 Å². The highest BCUT2D eigenvalue weighted by Gasteiger charge is 2.46. The molecule has 4 atom stereocenters. The van der Waals surface area contributed by atoms with E-state index in [0.717, 1.165) is 24.4 Å². The molecular weight excluding hydrogens is 184 g/mol. The average Bonchev–Trinajstić information content (AvgIpc) is 2.84. The summed E-state index contributed by atoms with van der Waals surface area (Å²) < 4.78 is 6.05. The topological polar surface area (TPSA) is 9.23 Å². The minimum atomic E-state index is 0.227. The van der Waals surface area contributed by atoms with E-state index >= 15 is 0 Å². The lowest BCUT2D eigenvalue weighted by atomic mass is 9.78. The van der Waals surface area contributed by atoms with E-state index in [1.807, 2.05) is 0 Å². The summed E-state index contributed by atoms with van der Waals surface area (Å²) in [6, 6.07) is 0.